The Morgan fingerprint density at radius 1 is 1.09 bits per heavy atom. The van der Waals surface area contributed by atoms with Gasteiger partial charge in [0.1, 0.15) is 11.5 Å². The van der Waals surface area contributed by atoms with Crippen molar-refractivity contribution in [1.82, 2.24) is 14.8 Å². The molecule has 3 aromatic rings. The molecule has 0 bridgehead atoms. The van der Waals surface area contributed by atoms with Gasteiger partial charge >= 0.3 is 0 Å². The first-order chi connectivity index (χ1) is 11.0. The number of carbonyl (C=O) groups excluding carboxylic acids is 1. The van der Waals surface area contributed by atoms with E-state index < -0.39 is 0 Å². The lowest BCUT2D eigenvalue weighted by atomic mass is 10.1. The number of nitrogens with zero attached hydrogens (tertiary/aromatic N) is 3. The van der Waals surface area contributed by atoms with Gasteiger partial charge in [-0.15, -0.1) is 0 Å². The Kier molecular flexibility index (Phi) is 3.93. The molecular formula is C18H18N4O. The van der Waals surface area contributed by atoms with Crippen LogP contribution in [0, 0.1) is 13.8 Å². The quantitative estimate of drug-likeness (QED) is 0.807. The Bertz CT molecular complexity index is 867. The molecule has 23 heavy (non-hydrogen) atoms. The van der Waals surface area contributed by atoms with Crippen molar-refractivity contribution in [3.05, 3.63) is 65.5 Å². The number of aromatic nitrogens is 3. The number of benzene rings is 1. The normalized spacial score (nSPS) is 10.6. The van der Waals surface area contributed by atoms with Crippen molar-refractivity contribution >= 4 is 11.7 Å². The van der Waals surface area contributed by atoms with Gasteiger partial charge in [-0.25, -0.2) is 4.98 Å². The van der Waals surface area contributed by atoms with Crippen LogP contribution < -0.4 is 5.32 Å². The maximum absolute atomic E-state index is 12.3. The van der Waals surface area contributed by atoms with E-state index in [0.717, 1.165) is 22.5 Å². The zero-order chi connectivity index (χ0) is 16.4. The molecule has 116 valence electrons. The highest BCUT2D eigenvalue weighted by atomic mass is 16.2. The van der Waals surface area contributed by atoms with E-state index >= 15 is 0 Å². The summed E-state index contributed by atoms with van der Waals surface area (Å²) in [5, 5.41) is 7.35. The summed E-state index contributed by atoms with van der Waals surface area (Å²) in [6.07, 6.45) is 0. The highest BCUT2D eigenvalue weighted by Crippen LogP contribution is 2.24. The lowest BCUT2D eigenvalue weighted by Gasteiger charge is -2.04. The second-order valence-corrected chi connectivity index (χ2v) is 5.47. The Morgan fingerprint density at radius 2 is 1.87 bits per heavy atom. The van der Waals surface area contributed by atoms with E-state index in [9.17, 15) is 4.79 Å². The van der Waals surface area contributed by atoms with Crippen molar-refractivity contribution in [2.45, 2.75) is 13.8 Å². The number of rotatable bonds is 3. The summed E-state index contributed by atoms with van der Waals surface area (Å²) in [5.74, 6) is 0.393. The van der Waals surface area contributed by atoms with Crippen LogP contribution >= 0.6 is 0 Å². The number of nitrogens with one attached hydrogen (secondary N) is 1. The Morgan fingerprint density at radius 3 is 2.61 bits per heavy atom. The molecule has 0 unspecified atom stereocenters. The standard InChI is InChI=1S/C18H18N4O/c1-12-7-4-5-9-14(12)16-11-17(22(3)21-16)20-18(23)15-10-6-8-13(2)19-15/h4-11H,1-3H3,(H,20,23). The summed E-state index contributed by atoms with van der Waals surface area (Å²) in [5.41, 5.74) is 4.23. The predicted octanol–water partition coefficient (Wildman–Crippen LogP) is 3.35. The fourth-order valence-electron chi connectivity index (χ4n) is 2.43. The van der Waals surface area contributed by atoms with E-state index in [1.807, 2.05) is 56.3 Å². The lowest BCUT2D eigenvalue weighted by Crippen LogP contribution is -2.16. The number of anilines is 1. The van der Waals surface area contributed by atoms with Gasteiger partial charge in [0.25, 0.3) is 5.91 Å². The van der Waals surface area contributed by atoms with Crippen LogP contribution in [0.15, 0.2) is 48.5 Å². The van der Waals surface area contributed by atoms with Gasteiger partial charge in [0.15, 0.2) is 0 Å². The molecule has 2 aromatic heterocycles. The number of amides is 1. The van der Waals surface area contributed by atoms with Gasteiger partial charge in [-0.2, -0.15) is 5.10 Å². The number of hydrogen-bond donors (Lipinski definition) is 1. The minimum Gasteiger partial charge on any atom is -0.305 e. The van der Waals surface area contributed by atoms with Gasteiger partial charge in [-0.3, -0.25) is 9.48 Å². The van der Waals surface area contributed by atoms with Crippen LogP contribution in [-0.4, -0.2) is 20.7 Å². The first kappa shape index (κ1) is 15.0. The largest absolute Gasteiger partial charge is 0.305 e. The van der Waals surface area contributed by atoms with Gasteiger partial charge < -0.3 is 5.32 Å². The van der Waals surface area contributed by atoms with Crippen LogP contribution in [0.2, 0.25) is 0 Å². The molecule has 0 spiro atoms. The summed E-state index contributed by atoms with van der Waals surface area (Å²) in [4.78, 5) is 16.6. The molecule has 0 radical (unpaired) electrons. The minimum atomic E-state index is -0.243. The Balaban J connectivity index is 1.87. The third-order valence-electron chi connectivity index (χ3n) is 3.66. The fourth-order valence-corrected chi connectivity index (χ4v) is 2.43. The molecular weight excluding hydrogens is 288 g/mol. The maximum Gasteiger partial charge on any atom is 0.275 e. The van der Waals surface area contributed by atoms with Crippen molar-refractivity contribution in [2.75, 3.05) is 5.32 Å². The van der Waals surface area contributed by atoms with E-state index in [1.54, 1.807) is 17.8 Å². The zero-order valence-electron chi connectivity index (χ0n) is 13.4. The van der Waals surface area contributed by atoms with Crippen LogP contribution in [0.5, 0.6) is 0 Å². The van der Waals surface area contributed by atoms with Crippen LogP contribution in [0.3, 0.4) is 0 Å². The zero-order valence-corrected chi connectivity index (χ0v) is 13.4. The van der Waals surface area contributed by atoms with E-state index in [1.165, 1.54) is 0 Å². The summed E-state index contributed by atoms with van der Waals surface area (Å²) >= 11 is 0. The smallest absolute Gasteiger partial charge is 0.275 e. The van der Waals surface area contributed by atoms with Crippen molar-refractivity contribution in [2.24, 2.45) is 7.05 Å². The SMILES string of the molecule is Cc1cccc(C(=O)Nc2cc(-c3ccccc3C)nn2C)n1. The molecule has 0 aliphatic rings. The van der Waals surface area contributed by atoms with Gasteiger partial charge in [0.05, 0.1) is 5.69 Å². The van der Waals surface area contributed by atoms with Gasteiger partial charge in [0.2, 0.25) is 0 Å². The molecule has 0 atom stereocenters. The first-order valence-electron chi connectivity index (χ1n) is 7.39. The molecule has 0 aliphatic carbocycles. The highest BCUT2D eigenvalue weighted by Gasteiger charge is 2.13. The average molecular weight is 306 g/mol. The van der Waals surface area contributed by atoms with Crippen molar-refractivity contribution in [3.8, 4) is 11.3 Å². The number of hydrogen-bond acceptors (Lipinski definition) is 3. The summed E-state index contributed by atoms with van der Waals surface area (Å²) in [6, 6.07) is 15.3. The monoisotopic (exact) mass is 306 g/mol. The maximum atomic E-state index is 12.3. The van der Waals surface area contributed by atoms with Crippen LogP contribution in [0.25, 0.3) is 11.3 Å². The molecule has 1 N–H and O–H groups in total. The third kappa shape index (κ3) is 3.13. The third-order valence-corrected chi connectivity index (χ3v) is 3.66. The fraction of sp³-hybridized carbons (Fsp3) is 0.167. The molecule has 1 aromatic carbocycles. The second-order valence-electron chi connectivity index (χ2n) is 5.47. The van der Waals surface area contributed by atoms with Crippen molar-refractivity contribution in [1.29, 1.82) is 0 Å². The molecule has 5 nitrogen and oxygen atoms in total. The molecule has 5 heteroatoms. The van der Waals surface area contributed by atoms with Gasteiger partial charge in [-0.05, 0) is 31.5 Å². The van der Waals surface area contributed by atoms with Crippen LogP contribution in [0.4, 0.5) is 5.82 Å². The minimum absolute atomic E-state index is 0.243. The number of aryl methyl sites for hydroxylation is 3. The average Bonchev–Trinajstić information content (AvgIpc) is 2.88. The van der Waals surface area contributed by atoms with E-state index in [4.69, 9.17) is 0 Å². The second kappa shape index (κ2) is 6.04. The first-order valence-corrected chi connectivity index (χ1v) is 7.39. The summed E-state index contributed by atoms with van der Waals surface area (Å²) < 4.78 is 1.66. The predicted molar refractivity (Wildman–Crippen MR) is 90.3 cm³/mol. The Hall–Kier alpha value is -2.95. The van der Waals surface area contributed by atoms with Crippen molar-refractivity contribution in [3.63, 3.8) is 0 Å². The number of pyridine rings is 1. The molecule has 0 aliphatic heterocycles. The van der Waals surface area contributed by atoms with E-state index in [0.29, 0.717) is 11.5 Å². The molecule has 1 amide bonds. The highest BCUT2D eigenvalue weighted by molar-refractivity contribution is 6.02. The lowest BCUT2D eigenvalue weighted by molar-refractivity contribution is 0.102. The van der Waals surface area contributed by atoms with Gasteiger partial charge in [-0.1, -0.05) is 30.3 Å². The van der Waals surface area contributed by atoms with E-state index in [-0.39, 0.29) is 5.91 Å². The summed E-state index contributed by atoms with van der Waals surface area (Å²) in [7, 11) is 1.81. The molecule has 0 saturated heterocycles. The van der Waals surface area contributed by atoms with Gasteiger partial charge in [0, 0.05) is 24.4 Å². The van der Waals surface area contributed by atoms with E-state index in [2.05, 4.69) is 15.4 Å². The molecule has 3 rings (SSSR count). The molecule has 2 heterocycles. The molecule has 0 fully saturated rings. The topological polar surface area (TPSA) is 59.8 Å². The van der Waals surface area contributed by atoms with Crippen molar-refractivity contribution < 1.29 is 4.79 Å². The number of carbonyl (C=O) groups is 1. The Labute approximate surface area is 135 Å². The molecule has 0 saturated carbocycles. The summed E-state index contributed by atoms with van der Waals surface area (Å²) in [6.45, 7) is 3.90. The van der Waals surface area contributed by atoms with Crippen LogP contribution in [0.1, 0.15) is 21.7 Å². The van der Waals surface area contributed by atoms with Crippen LogP contribution in [-0.2, 0) is 7.05 Å².